The molecule has 6 N–H and O–H groups in total. The summed E-state index contributed by atoms with van der Waals surface area (Å²) >= 11 is 1.29. The maximum atomic E-state index is 11.9. The number of ether oxygens (including phenoxy) is 1. The molecule has 28 heavy (non-hydrogen) atoms. The molecule has 0 radical (unpaired) electrons. The number of nitrogens with zero attached hydrogens (tertiary/aromatic N) is 1. The average molecular weight is 397 g/mol. The van der Waals surface area contributed by atoms with E-state index in [9.17, 15) is 4.79 Å². The molecule has 0 aliphatic heterocycles. The Labute approximate surface area is 167 Å². The van der Waals surface area contributed by atoms with Crippen molar-refractivity contribution < 1.29 is 9.53 Å². The molecule has 3 aromatic rings. The number of nitrogen functional groups attached to an aromatic ring is 1. The van der Waals surface area contributed by atoms with Gasteiger partial charge in [0.1, 0.15) is 22.1 Å². The Balaban J connectivity index is 1.94. The first-order valence-electron chi connectivity index (χ1n) is 9.57. The Hall–Kier alpha value is -2.64. The second kappa shape index (κ2) is 7.77. The van der Waals surface area contributed by atoms with Gasteiger partial charge in [-0.05, 0) is 54.5 Å². The van der Waals surface area contributed by atoms with Crippen molar-refractivity contribution in [2.24, 2.45) is 11.5 Å². The van der Waals surface area contributed by atoms with E-state index in [-0.39, 0.29) is 0 Å². The second-order valence-corrected chi connectivity index (χ2v) is 8.02. The van der Waals surface area contributed by atoms with Crippen molar-refractivity contribution in [1.82, 2.24) is 4.98 Å². The van der Waals surface area contributed by atoms with Gasteiger partial charge in [0, 0.05) is 17.6 Å². The lowest BCUT2D eigenvalue weighted by molar-refractivity contribution is 0.100. The summed E-state index contributed by atoms with van der Waals surface area (Å²) < 4.78 is 5.60. The lowest BCUT2D eigenvalue weighted by atomic mass is 9.92. The fourth-order valence-electron chi connectivity index (χ4n) is 3.88. The van der Waals surface area contributed by atoms with Crippen molar-refractivity contribution in [3.8, 4) is 16.9 Å². The Morgan fingerprint density at radius 3 is 2.61 bits per heavy atom. The van der Waals surface area contributed by atoms with E-state index in [1.165, 1.54) is 23.3 Å². The monoisotopic (exact) mass is 396 g/mol. The Morgan fingerprint density at radius 2 is 1.89 bits per heavy atom. The van der Waals surface area contributed by atoms with Crippen LogP contribution in [0.15, 0.2) is 24.3 Å². The predicted octanol–water partition coefficient (Wildman–Crippen LogP) is 3.25. The average Bonchev–Trinajstić information content (AvgIpc) is 2.87. The van der Waals surface area contributed by atoms with Crippen LogP contribution in [0.5, 0.6) is 5.75 Å². The quantitative estimate of drug-likeness (QED) is 0.572. The van der Waals surface area contributed by atoms with Gasteiger partial charge >= 0.3 is 0 Å². The van der Waals surface area contributed by atoms with Crippen LogP contribution >= 0.6 is 11.3 Å². The SMILES string of the molecule is NCCOc1ccc(-c2c3c(nc4sc(C(N)=O)c(N)c24)CCCCC3)cc1. The number of rotatable bonds is 5. The van der Waals surface area contributed by atoms with Crippen molar-refractivity contribution >= 4 is 33.1 Å². The van der Waals surface area contributed by atoms with Gasteiger partial charge in [-0.25, -0.2) is 4.98 Å². The van der Waals surface area contributed by atoms with E-state index in [0.29, 0.717) is 23.7 Å². The highest BCUT2D eigenvalue weighted by molar-refractivity contribution is 7.21. The zero-order chi connectivity index (χ0) is 19.7. The van der Waals surface area contributed by atoms with E-state index in [2.05, 4.69) is 0 Å². The van der Waals surface area contributed by atoms with E-state index in [1.807, 2.05) is 24.3 Å². The molecule has 2 aromatic heterocycles. The minimum absolute atomic E-state index is 0.381. The topological polar surface area (TPSA) is 117 Å². The highest BCUT2D eigenvalue weighted by Gasteiger charge is 2.24. The van der Waals surface area contributed by atoms with Crippen LogP contribution in [-0.2, 0) is 12.8 Å². The van der Waals surface area contributed by atoms with E-state index in [4.69, 9.17) is 26.9 Å². The van der Waals surface area contributed by atoms with Crippen LogP contribution in [0.1, 0.15) is 40.2 Å². The number of benzene rings is 1. The zero-order valence-corrected chi connectivity index (χ0v) is 16.5. The van der Waals surface area contributed by atoms with Crippen LogP contribution in [0.3, 0.4) is 0 Å². The minimum atomic E-state index is -0.507. The van der Waals surface area contributed by atoms with Gasteiger partial charge in [0.05, 0.1) is 5.69 Å². The van der Waals surface area contributed by atoms with Gasteiger partial charge < -0.3 is 21.9 Å². The summed E-state index contributed by atoms with van der Waals surface area (Å²) in [5.74, 6) is 0.272. The number of nitrogens with two attached hydrogens (primary N) is 3. The van der Waals surface area contributed by atoms with Crippen molar-refractivity contribution in [2.75, 3.05) is 18.9 Å². The molecule has 146 valence electrons. The molecule has 4 rings (SSSR count). The number of aromatic nitrogens is 1. The highest BCUT2D eigenvalue weighted by atomic mass is 32.1. The molecule has 1 amide bonds. The van der Waals surface area contributed by atoms with Crippen LogP contribution in [0, 0.1) is 0 Å². The van der Waals surface area contributed by atoms with Crippen molar-refractivity contribution in [1.29, 1.82) is 0 Å². The Kier molecular flexibility index (Phi) is 5.19. The number of carbonyl (C=O) groups excluding carboxylic acids is 1. The molecule has 6 nitrogen and oxygen atoms in total. The third-order valence-corrected chi connectivity index (χ3v) is 6.27. The third kappa shape index (κ3) is 3.31. The molecule has 0 fully saturated rings. The fraction of sp³-hybridized carbons (Fsp3) is 0.333. The Morgan fingerprint density at radius 1 is 1.14 bits per heavy atom. The van der Waals surface area contributed by atoms with Crippen molar-refractivity contribution in [2.45, 2.75) is 32.1 Å². The van der Waals surface area contributed by atoms with E-state index >= 15 is 0 Å². The summed E-state index contributed by atoms with van der Waals surface area (Å²) in [5.41, 5.74) is 22.3. The van der Waals surface area contributed by atoms with Gasteiger partial charge in [-0.15, -0.1) is 11.3 Å². The zero-order valence-electron chi connectivity index (χ0n) is 15.7. The van der Waals surface area contributed by atoms with E-state index in [0.717, 1.165) is 58.5 Å². The van der Waals surface area contributed by atoms with E-state index < -0.39 is 5.91 Å². The van der Waals surface area contributed by atoms with Gasteiger partial charge in [-0.3, -0.25) is 4.79 Å². The van der Waals surface area contributed by atoms with Gasteiger partial charge in [0.15, 0.2) is 0 Å². The number of fused-ring (bicyclic) bond motifs is 2. The molecular formula is C21H24N4O2S. The number of thiophene rings is 1. The van der Waals surface area contributed by atoms with E-state index in [1.54, 1.807) is 0 Å². The number of hydrogen-bond donors (Lipinski definition) is 3. The number of anilines is 1. The smallest absolute Gasteiger partial charge is 0.260 e. The molecule has 1 aromatic carbocycles. The summed E-state index contributed by atoms with van der Waals surface area (Å²) in [5, 5.41) is 0.843. The molecule has 0 bridgehead atoms. The molecule has 1 aliphatic rings. The van der Waals surface area contributed by atoms with Gasteiger partial charge in [0.25, 0.3) is 5.91 Å². The summed E-state index contributed by atoms with van der Waals surface area (Å²) in [6.07, 6.45) is 5.34. The first kappa shape index (κ1) is 18.7. The largest absolute Gasteiger partial charge is 0.492 e. The molecule has 1 aliphatic carbocycles. The molecule has 7 heteroatoms. The molecule has 0 saturated heterocycles. The van der Waals surface area contributed by atoms with Gasteiger partial charge in [-0.1, -0.05) is 18.6 Å². The fourth-order valence-corrected chi connectivity index (χ4v) is 4.86. The number of hydrogen-bond acceptors (Lipinski definition) is 6. The van der Waals surface area contributed by atoms with Crippen LogP contribution in [0.25, 0.3) is 21.3 Å². The summed E-state index contributed by atoms with van der Waals surface area (Å²) in [6.45, 7) is 0.954. The highest BCUT2D eigenvalue weighted by Crippen LogP contribution is 2.43. The maximum Gasteiger partial charge on any atom is 0.260 e. The van der Waals surface area contributed by atoms with Crippen LogP contribution in [0.4, 0.5) is 5.69 Å². The maximum absolute atomic E-state index is 11.9. The predicted molar refractivity (Wildman–Crippen MR) is 114 cm³/mol. The first-order valence-corrected chi connectivity index (χ1v) is 10.4. The number of amides is 1. The lowest BCUT2D eigenvalue weighted by Crippen LogP contribution is -2.10. The minimum Gasteiger partial charge on any atom is -0.492 e. The summed E-state index contributed by atoms with van der Waals surface area (Å²) in [7, 11) is 0. The van der Waals surface area contributed by atoms with Crippen molar-refractivity contribution in [3.63, 3.8) is 0 Å². The molecule has 0 unspecified atom stereocenters. The second-order valence-electron chi connectivity index (χ2n) is 7.02. The summed E-state index contributed by atoms with van der Waals surface area (Å²) in [4.78, 5) is 17.9. The standard InChI is InChI=1S/C21H24N4O2S/c22-10-11-27-13-8-6-12(7-9-13)16-14-4-2-1-3-5-15(14)25-21-17(16)18(23)19(28-21)20(24)26/h6-9H,1-5,10-11,22-23H2,(H2,24,26). The number of pyridine rings is 1. The van der Waals surface area contributed by atoms with Crippen LogP contribution in [0.2, 0.25) is 0 Å². The molecule has 0 atom stereocenters. The molecule has 0 spiro atoms. The lowest BCUT2D eigenvalue weighted by Gasteiger charge is -2.15. The number of primary amides is 1. The molecule has 0 saturated carbocycles. The van der Waals surface area contributed by atoms with Crippen LogP contribution in [-0.4, -0.2) is 24.0 Å². The number of carbonyl (C=O) groups is 1. The number of aryl methyl sites for hydroxylation is 1. The van der Waals surface area contributed by atoms with Gasteiger partial charge in [-0.2, -0.15) is 0 Å². The van der Waals surface area contributed by atoms with Crippen molar-refractivity contribution in [3.05, 3.63) is 40.4 Å². The summed E-state index contributed by atoms with van der Waals surface area (Å²) in [6, 6.07) is 7.95. The molecular weight excluding hydrogens is 372 g/mol. The van der Waals surface area contributed by atoms with Crippen LogP contribution < -0.4 is 21.9 Å². The first-order chi connectivity index (χ1) is 13.6. The normalized spacial score (nSPS) is 13.9. The Bertz CT molecular complexity index is 1030. The third-order valence-electron chi connectivity index (χ3n) is 5.16. The van der Waals surface area contributed by atoms with Gasteiger partial charge in [0.2, 0.25) is 0 Å². The molecule has 2 heterocycles.